The second-order valence-corrected chi connectivity index (χ2v) is 4.43. The zero-order valence-electron chi connectivity index (χ0n) is 8.02. The Bertz CT molecular complexity index is 95.6. The average Bonchev–Trinajstić information content (AvgIpc) is 2.02. The van der Waals surface area contributed by atoms with Gasteiger partial charge in [-0.05, 0) is 32.2 Å². The molecule has 2 heteroatoms. The summed E-state index contributed by atoms with van der Waals surface area (Å²) in [6, 6.07) is 0.653. The molecule has 0 aromatic carbocycles. The van der Waals surface area contributed by atoms with Crippen molar-refractivity contribution >= 4 is 22.6 Å². The van der Waals surface area contributed by atoms with Crippen LogP contribution in [0.1, 0.15) is 27.2 Å². The van der Waals surface area contributed by atoms with Gasteiger partial charge in [0.15, 0.2) is 0 Å². The van der Waals surface area contributed by atoms with E-state index >= 15 is 0 Å². The summed E-state index contributed by atoms with van der Waals surface area (Å²) < 4.78 is 1.28. The van der Waals surface area contributed by atoms with Gasteiger partial charge in [-0.3, -0.25) is 0 Å². The highest BCUT2D eigenvalue weighted by Gasteiger charge is 2.12. The van der Waals surface area contributed by atoms with E-state index < -0.39 is 0 Å². The van der Waals surface area contributed by atoms with E-state index in [2.05, 4.69) is 48.7 Å². The van der Waals surface area contributed by atoms with Crippen molar-refractivity contribution < 1.29 is 0 Å². The zero-order chi connectivity index (χ0) is 8.85. The summed E-state index contributed by atoms with van der Waals surface area (Å²) in [5.74, 6) is 1.66. The van der Waals surface area contributed by atoms with E-state index in [1.807, 2.05) is 7.05 Å². The molecule has 3 atom stereocenters. The van der Waals surface area contributed by atoms with Gasteiger partial charge in [0.05, 0.1) is 0 Å². The van der Waals surface area contributed by atoms with Crippen molar-refractivity contribution in [2.45, 2.75) is 33.2 Å². The molecule has 11 heavy (non-hydrogen) atoms. The van der Waals surface area contributed by atoms with Crippen molar-refractivity contribution in [1.82, 2.24) is 5.32 Å². The predicted octanol–water partition coefficient (Wildman–Crippen LogP) is 2.69. The Kier molecular flexibility index (Phi) is 6.62. The first-order valence-corrected chi connectivity index (χ1v) is 5.87. The van der Waals surface area contributed by atoms with Gasteiger partial charge in [-0.15, -0.1) is 0 Å². The summed E-state index contributed by atoms with van der Waals surface area (Å²) >= 11 is 2.46. The fourth-order valence-corrected chi connectivity index (χ4v) is 1.55. The van der Waals surface area contributed by atoms with Crippen molar-refractivity contribution in [3.8, 4) is 0 Å². The summed E-state index contributed by atoms with van der Waals surface area (Å²) in [6.45, 7) is 6.90. The van der Waals surface area contributed by atoms with E-state index in [-0.39, 0.29) is 0 Å². The molecule has 0 spiro atoms. The standard InChI is InChI=1S/C9H20IN/c1-7(6-10)5-8(2)9(3)11-4/h7-9,11H,5-6H2,1-4H3. The third kappa shape index (κ3) is 5.01. The van der Waals surface area contributed by atoms with Crippen LogP contribution in [0.15, 0.2) is 0 Å². The molecule has 3 unspecified atom stereocenters. The lowest BCUT2D eigenvalue weighted by atomic mass is 9.93. The maximum absolute atomic E-state index is 3.29. The molecule has 0 bridgehead atoms. The first-order chi connectivity index (χ1) is 5.11. The normalized spacial score (nSPS) is 19.4. The number of rotatable bonds is 5. The second-order valence-electron chi connectivity index (χ2n) is 3.55. The average molecular weight is 269 g/mol. The Morgan fingerprint density at radius 1 is 1.27 bits per heavy atom. The molecule has 0 rings (SSSR count). The molecule has 0 fully saturated rings. The Hall–Kier alpha value is 0.690. The van der Waals surface area contributed by atoms with E-state index in [4.69, 9.17) is 0 Å². The lowest BCUT2D eigenvalue weighted by Crippen LogP contribution is -2.29. The smallest absolute Gasteiger partial charge is 0.00614 e. The van der Waals surface area contributed by atoms with Crippen LogP contribution in [0.3, 0.4) is 0 Å². The lowest BCUT2D eigenvalue weighted by Gasteiger charge is -2.21. The maximum Gasteiger partial charge on any atom is 0.00614 e. The molecular weight excluding hydrogens is 249 g/mol. The maximum atomic E-state index is 3.29. The van der Waals surface area contributed by atoms with Crippen molar-refractivity contribution in [3.05, 3.63) is 0 Å². The molecule has 1 N–H and O–H groups in total. The summed E-state index contributed by atoms with van der Waals surface area (Å²) in [5, 5.41) is 3.29. The minimum absolute atomic E-state index is 0.653. The Balaban J connectivity index is 3.58. The van der Waals surface area contributed by atoms with E-state index in [1.165, 1.54) is 10.8 Å². The fraction of sp³-hybridized carbons (Fsp3) is 1.00. The molecule has 0 aliphatic carbocycles. The third-order valence-corrected chi connectivity index (χ3v) is 3.85. The summed E-state index contributed by atoms with van der Waals surface area (Å²) in [7, 11) is 2.04. The van der Waals surface area contributed by atoms with Gasteiger partial charge >= 0.3 is 0 Å². The van der Waals surface area contributed by atoms with Gasteiger partial charge < -0.3 is 5.32 Å². The van der Waals surface area contributed by atoms with E-state index in [0.29, 0.717) is 6.04 Å². The monoisotopic (exact) mass is 269 g/mol. The highest BCUT2D eigenvalue weighted by Crippen LogP contribution is 2.16. The quantitative estimate of drug-likeness (QED) is 0.597. The van der Waals surface area contributed by atoms with E-state index in [9.17, 15) is 0 Å². The summed E-state index contributed by atoms with van der Waals surface area (Å²) in [4.78, 5) is 0. The summed E-state index contributed by atoms with van der Waals surface area (Å²) in [6.07, 6.45) is 1.34. The van der Waals surface area contributed by atoms with Crippen molar-refractivity contribution in [3.63, 3.8) is 0 Å². The molecule has 68 valence electrons. The minimum Gasteiger partial charge on any atom is -0.317 e. The highest BCUT2D eigenvalue weighted by atomic mass is 127. The van der Waals surface area contributed by atoms with Crippen molar-refractivity contribution in [2.24, 2.45) is 11.8 Å². The molecule has 0 amide bonds. The topological polar surface area (TPSA) is 12.0 Å². The van der Waals surface area contributed by atoms with Crippen molar-refractivity contribution in [2.75, 3.05) is 11.5 Å². The molecule has 0 aliphatic rings. The molecule has 0 aromatic rings. The molecule has 0 heterocycles. The van der Waals surface area contributed by atoms with Crippen LogP contribution >= 0.6 is 22.6 Å². The number of alkyl halides is 1. The molecule has 0 radical (unpaired) electrons. The Morgan fingerprint density at radius 2 is 1.82 bits per heavy atom. The van der Waals surface area contributed by atoms with Gasteiger partial charge in [0.2, 0.25) is 0 Å². The largest absolute Gasteiger partial charge is 0.317 e. The first-order valence-electron chi connectivity index (χ1n) is 4.35. The van der Waals surface area contributed by atoms with Gasteiger partial charge in [-0.25, -0.2) is 0 Å². The number of hydrogen-bond donors (Lipinski definition) is 1. The van der Waals surface area contributed by atoms with Crippen LogP contribution < -0.4 is 5.32 Å². The van der Waals surface area contributed by atoms with E-state index in [0.717, 1.165) is 11.8 Å². The third-order valence-electron chi connectivity index (χ3n) is 2.35. The van der Waals surface area contributed by atoms with Crippen LogP contribution in [0.5, 0.6) is 0 Å². The molecule has 0 aliphatic heterocycles. The molecule has 1 nitrogen and oxygen atoms in total. The molecule has 0 saturated carbocycles. The van der Waals surface area contributed by atoms with Gasteiger partial charge in [0.1, 0.15) is 0 Å². The van der Waals surface area contributed by atoms with Crippen LogP contribution in [0.4, 0.5) is 0 Å². The van der Waals surface area contributed by atoms with Gasteiger partial charge in [0.25, 0.3) is 0 Å². The zero-order valence-corrected chi connectivity index (χ0v) is 10.2. The van der Waals surface area contributed by atoms with Crippen LogP contribution in [0.25, 0.3) is 0 Å². The SMILES string of the molecule is CNC(C)C(C)CC(C)CI. The number of nitrogens with one attached hydrogen (secondary N) is 1. The van der Waals surface area contributed by atoms with E-state index in [1.54, 1.807) is 0 Å². The van der Waals surface area contributed by atoms with Gasteiger partial charge in [-0.2, -0.15) is 0 Å². The first kappa shape index (κ1) is 11.7. The Morgan fingerprint density at radius 3 is 2.18 bits per heavy atom. The van der Waals surface area contributed by atoms with Crippen LogP contribution in [0, 0.1) is 11.8 Å². The van der Waals surface area contributed by atoms with Crippen LogP contribution in [-0.2, 0) is 0 Å². The van der Waals surface area contributed by atoms with Gasteiger partial charge in [0, 0.05) is 10.5 Å². The van der Waals surface area contributed by atoms with Crippen LogP contribution in [0.2, 0.25) is 0 Å². The van der Waals surface area contributed by atoms with Gasteiger partial charge in [-0.1, -0.05) is 36.4 Å². The number of halogens is 1. The fourth-order valence-electron chi connectivity index (χ4n) is 1.19. The Labute approximate surface area is 84.5 Å². The number of hydrogen-bond acceptors (Lipinski definition) is 1. The highest BCUT2D eigenvalue weighted by molar-refractivity contribution is 14.1. The summed E-state index contributed by atoms with van der Waals surface area (Å²) in [5.41, 5.74) is 0. The lowest BCUT2D eigenvalue weighted by molar-refractivity contribution is 0.359. The second kappa shape index (κ2) is 6.23. The molecule has 0 aromatic heterocycles. The van der Waals surface area contributed by atoms with Crippen LogP contribution in [-0.4, -0.2) is 17.5 Å². The van der Waals surface area contributed by atoms with Crippen molar-refractivity contribution in [1.29, 1.82) is 0 Å². The predicted molar refractivity (Wildman–Crippen MR) is 60.4 cm³/mol. The molecule has 0 saturated heterocycles. The molecular formula is C9H20IN. The minimum atomic E-state index is 0.653.